The van der Waals surface area contributed by atoms with Crippen LogP contribution in [0.1, 0.15) is 25.8 Å². The molecule has 1 heterocycles. The van der Waals surface area contributed by atoms with Gasteiger partial charge in [-0.2, -0.15) is 0 Å². The summed E-state index contributed by atoms with van der Waals surface area (Å²) in [5, 5.41) is 0. The number of hydrogen-bond donors (Lipinski definition) is 0. The first-order chi connectivity index (χ1) is 7.13. The minimum atomic E-state index is 0.0854. The van der Waals surface area contributed by atoms with Crippen LogP contribution in [0.4, 0.5) is 0 Å². The van der Waals surface area contributed by atoms with Gasteiger partial charge in [0, 0.05) is 17.4 Å². The first-order valence-corrected chi connectivity index (χ1v) is 5.51. The van der Waals surface area contributed by atoms with Crippen molar-refractivity contribution in [1.82, 2.24) is 0 Å². The molecule has 0 unspecified atom stereocenters. The number of aliphatic imine (C=N–C) groups is 1. The van der Waals surface area contributed by atoms with Crippen molar-refractivity contribution in [2.45, 2.75) is 20.3 Å². The van der Waals surface area contributed by atoms with Gasteiger partial charge in [-0.25, -0.2) is 0 Å². The zero-order valence-corrected chi connectivity index (χ0v) is 9.75. The quantitative estimate of drug-likeness (QED) is 0.678. The molecule has 1 aromatic rings. The minimum Gasteiger partial charge on any atom is -0.256 e. The zero-order chi connectivity index (χ0) is 10.9. The van der Waals surface area contributed by atoms with Crippen LogP contribution >= 0.6 is 11.6 Å². The first kappa shape index (κ1) is 10.4. The minimum absolute atomic E-state index is 0.0854. The lowest BCUT2D eigenvalue weighted by Gasteiger charge is -2.19. The molecule has 0 N–H and O–H groups in total. The lowest BCUT2D eigenvalue weighted by atomic mass is 9.82. The van der Waals surface area contributed by atoms with Crippen molar-refractivity contribution in [1.29, 1.82) is 0 Å². The molecule has 15 heavy (non-hydrogen) atoms. The molecule has 1 aliphatic heterocycles. The Morgan fingerprint density at radius 1 is 1.27 bits per heavy atom. The Labute approximate surface area is 95.5 Å². The van der Waals surface area contributed by atoms with Crippen LogP contribution in [-0.4, -0.2) is 5.71 Å². The van der Waals surface area contributed by atoms with E-state index in [2.05, 4.69) is 31.0 Å². The molecule has 0 aliphatic carbocycles. The highest BCUT2D eigenvalue weighted by Crippen LogP contribution is 2.37. The Bertz CT molecular complexity index is 415. The molecule has 1 nitrogen and oxygen atoms in total. The van der Waals surface area contributed by atoms with E-state index in [9.17, 15) is 0 Å². The highest BCUT2D eigenvalue weighted by molar-refractivity contribution is 6.26. The van der Waals surface area contributed by atoms with Gasteiger partial charge in [0.1, 0.15) is 0 Å². The summed E-state index contributed by atoms with van der Waals surface area (Å²) in [6, 6.07) is 10.3. The maximum absolute atomic E-state index is 5.72. The number of halogens is 1. The van der Waals surface area contributed by atoms with E-state index in [0.29, 0.717) is 0 Å². The molecule has 1 aliphatic rings. The van der Waals surface area contributed by atoms with Gasteiger partial charge in [0.25, 0.3) is 0 Å². The summed E-state index contributed by atoms with van der Waals surface area (Å²) >= 11 is 5.72. The Balaban J connectivity index is 2.45. The fraction of sp³-hybridized carbons (Fsp3) is 0.308. The molecule has 0 fully saturated rings. The third-order valence-corrected chi connectivity index (χ3v) is 2.94. The van der Waals surface area contributed by atoms with Gasteiger partial charge >= 0.3 is 0 Å². The molecule has 0 radical (unpaired) electrons. The van der Waals surface area contributed by atoms with Crippen molar-refractivity contribution in [3.05, 3.63) is 47.1 Å². The molecule has 0 saturated carbocycles. The standard InChI is InChI=1S/C13H14ClN/c1-13(2)8-11(9-14)15-12(13)10-6-4-3-5-7-10/h3-7,9H,8H2,1-2H3/b11-9+. The molecule has 78 valence electrons. The smallest absolute Gasteiger partial charge is 0.0539 e. The van der Waals surface area contributed by atoms with Gasteiger partial charge in [0.05, 0.1) is 11.4 Å². The van der Waals surface area contributed by atoms with Crippen LogP contribution in [-0.2, 0) is 0 Å². The van der Waals surface area contributed by atoms with Gasteiger partial charge in [-0.05, 0) is 5.56 Å². The van der Waals surface area contributed by atoms with E-state index < -0.39 is 0 Å². The lowest BCUT2D eigenvalue weighted by molar-refractivity contribution is 0.543. The monoisotopic (exact) mass is 219 g/mol. The first-order valence-electron chi connectivity index (χ1n) is 5.07. The van der Waals surface area contributed by atoms with Crippen molar-refractivity contribution in [3.63, 3.8) is 0 Å². The van der Waals surface area contributed by atoms with Crippen molar-refractivity contribution < 1.29 is 0 Å². The summed E-state index contributed by atoms with van der Waals surface area (Å²) < 4.78 is 0. The Morgan fingerprint density at radius 2 is 1.93 bits per heavy atom. The van der Waals surface area contributed by atoms with Crippen molar-refractivity contribution in [3.8, 4) is 0 Å². The third-order valence-electron chi connectivity index (χ3n) is 2.69. The van der Waals surface area contributed by atoms with Gasteiger partial charge in [-0.3, -0.25) is 4.99 Å². The highest BCUT2D eigenvalue weighted by atomic mass is 35.5. The SMILES string of the molecule is CC1(C)C/C(=C\Cl)N=C1c1ccccc1. The molecule has 2 heteroatoms. The summed E-state index contributed by atoms with van der Waals surface area (Å²) in [5.41, 5.74) is 4.96. The van der Waals surface area contributed by atoms with E-state index >= 15 is 0 Å². The molecule has 0 amide bonds. The lowest BCUT2D eigenvalue weighted by Crippen LogP contribution is -2.20. The predicted molar refractivity (Wildman–Crippen MR) is 65.3 cm³/mol. The van der Waals surface area contributed by atoms with E-state index in [-0.39, 0.29) is 5.41 Å². The molecule has 0 spiro atoms. The predicted octanol–water partition coefficient (Wildman–Crippen LogP) is 3.99. The van der Waals surface area contributed by atoms with E-state index in [1.54, 1.807) is 5.54 Å². The largest absolute Gasteiger partial charge is 0.256 e. The van der Waals surface area contributed by atoms with E-state index in [4.69, 9.17) is 11.6 Å². The Morgan fingerprint density at radius 3 is 2.47 bits per heavy atom. The second-order valence-electron chi connectivity index (χ2n) is 4.49. The summed E-state index contributed by atoms with van der Waals surface area (Å²) in [6.07, 6.45) is 0.917. The topological polar surface area (TPSA) is 12.4 Å². The van der Waals surface area contributed by atoms with Crippen LogP contribution in [0.15, 0.2) is 46.6 Å². The zero-order valence-electron chi connectivity index (χ0n) is 9.00. The van der Waals surface area contributed by atoms with E-state index in [1.165, 1.54) is 5.56 Å². The highest BCUT2D eigenvalue weighted by Gasteiger charge is 2.32. The number of nitrogens with zero attached hydrogens (tertiary/aromatic N) is 1. The van der Waals surface area contributed by atoms with Crippen LogP contribution in [0.2, 0.25) is 0 Å². The number of rotatable bonds is 1. The van der Waals surface area contributed by atoms with Crippen molar-refractivity contribution in [2.75, 3.05) is 0 Å². The fourth-order valence-electron chi connectivity index (χ4n) is 1.99. The van der Waals surface area contributed by atoms with Gasteiger partial charge < -0.3 is 0 Å². The number of benzene rings is 1. The maximum atomic E-state index is 5.72. The van der Waals surface area contributed by atoms with E-state index in [1.807, 2.05) is 18.2 Å². The second kappa shape index (κ2) is 3.82. The molecule has 0 aromatic heterocycles. The summed E-state index contributed by atoms with van der Waals surface area (Å²) in [7, 11) is 0. The molecule has 2 rings (SSSR count). The molecule has 0 atom stereocenters. The Hall–Kier alpha value is -1.08. The van der Waals surface area contributed by atoms with E-state index in [0.717, 1.165) is 17.8 Å². The van der Waals surface area contributed by atoms with Gasteiger partial charge in [0.15, 0.2) is 0 Å². The number of hydrogen-bond acceptors (Lipinski definition) is 1. The van der Waals surface area contributed by atoms with Crippen LogP contribution in [0.3, 0.4) is 0 Å². The summed E-state index contributed by atoms with van der Waals surface area (Å²) in [4.78, 5) is 4.58. The Kier molecular flexibility index (Phi) is 2.66. The van der Waals surface area contributed by atoms with Gasteiger partial charge in [-0.1, -0.05) is 55.8 Å². The molecule has 0 saturated heterocycles. The molecule has 0 bridgehead atoms. The summed E-state index contributed by atoms with van der Waals surface area (Å²) in [6.45, 7) is 4.40. The average molecular weight is 220 g/mol. The average Bonchev–Trinajstić information content (AvgIpc) is 2.55. The maximum Gasteiger partial charge on any atom is 0.0539 e. The molecule has 1 aromatic carbocycles. The van der Waals surface area contributed by atoms with Gasteiger partial charge in [-0.15, -0.1) is 0 Å². The van der Waals surface area contributed by atoms with Gasteiger partial charge in [0.2, 0.25) is 0 Å². The summed E-state index contributed by atoms with van der Waals surface area (Å²) in [5.74, 6) is 0. The molecular formula is C13H14ClN. The normalized spacial score (nSPS) is 21.8. The van der Waals surface area contributed by atoms with Crippen LogP contribution in [0.5, 0.6) is 0 Å². The second-order valence-corrected chi connectivity index (χ2v) is 4.71. The third kappa shape index (κ3) is 1.98. The van der Waals surface area contributed by atoms with Crippen LogP contribution in [0, 0.1) is 5.41 Å². The van der Waals surface area contributed by atoms with Crippen LogP contribution in [0.25, 0.3) is 0 Å². The van der Waals surface area contributed by atoms with Crippen molar-refractivity contribution in [2.24, 2.45) is 10.4 Å². The van der Waals surface area contributed by atoms with Crippen molar-refractivity contribution >= 4 is 17.3 Å². The molecular weight excluding hydrogens is 206 g/mol. The van der Waals surface area contributed by atoms with Crippen LogP contribution < -0.4 is 0 Å². The fourth-order valence-corrected chi connectivity index (χ4v) is 2.11. The number of allylic oxidation sites excluding steroid dienone is 1.